The number of nitrogens with zero attached hydrogens (tertiary/aromatic N) is 2. The van der Waals surface area contributed by atoms with Crippen LogP contribution in [0.1, 0.15) is 0 Å². The summed E-state index contributed by atoms with van der Waals surface area (Å²) in [6, 6.07) is 0. The smallest absolute Gasteiger partial charge is 0.236 e. The fourth-order valence-corrected chi connectivity index (χ4v) is 2.08. The zero-order chi connectivity index (χ0) is 15.5. The van der Waals surface area contributed by atoms with E-state index in [-0.39, 0.29) is 11.8 Å². The van der Waals surface area contributed by atoms with E-state index in [4.69, 9.17) is 4.74 Å². The van der Waals surface area contributed by atoms with Gasteiger partial charge in [-0.2, -0.15) is 0 Å². The molecule has 0 atom stereocenters. The van der Waals surface area contributed by atoms with Gasteiger partial charge in [0.05, 0.1) is 19.7 Å². The molecule has 0 radical (unpaired) electrons. The van der Waals surface area contributed by atoms with Crippen molar-refractivity contribution < 1.29 is 14.3 Å². The summed E-state index contributed by atoms with van der Waals surface area (Å²) in [6.45, 7) is 8.82. The van der Waals surface area contributed by atoms with Gasteiger partial charge in [-0.3, -0.25) is 14.5 Å². The Hall–Kier alpha value is -1.44. The van der Waals surface area contributed by atoms with Crippen LogP contribution in [0.15, 0.2) is 12.7 Å². The Kier molecular flexibility index (Phi) is 8.65. The van der Waals surface area contributed by atoms with E-state index in [1.165, 1.54) is 0 Å². The van der Waals surface area contributed by atoms with E-state index in [1.54, 1.807) is 13.2 Å². The molecule has 120 valence electrons. The molecule has 0 aromatic rings. The van der Waals surface area contributed by atoms with Crippen molar-refractivity contribution in [3.8, 4) is 0 Å². The first-order chi connectivity index (χ1) is 10.2. The van der Waals surface area contributed by atoms with Crippen molar-refractivity contribution in [1.82, 2.24) is 20.4 Å². The first-order valence-electron chi connectivity index (χ1n) is 7.24. The number of carbonyl (C=O) groups excluding carboxylic acids is 2. The monoisotopic (exact) mass is 298 g/mol. The summed E-state index contributed by atoms with van der Waals surface area (Å²) in [4.78, 5) is 27.4. The van der Waals surface area contributed by atoms with Gasteiger partial charge in [0.25, 0.3) is 0 Å². The van der Waals surface area contributed by atoms with Crippen LogP contribution < -0.4 is 10.6 Å². The predicted molar refractivity (Wildman–Crippen MR) is 81.0 cm³/mol. The van der Waals surface area contributed by atoms with E-state index in [2.05, 4.69) is 22.1 Å². The molecule has 0 aromatic heterocycles. The van der Waals surface area contributed by atoms with Gasteiger partial charge >= 0.3 is 0 Å². The lowest BCUT2D eigenvalue weighted by molar-refractivity contribution is -0.132. The molecule has 1 aliphatic rings. The first-order valence-corrected chi connectivity index (χ1v) is 7.24. The summed E-state index contributed by atoms with van der Waals surface area (Å²) in [5, 5.41) is 5.80. The average Bonchev–Trinajstić information content (AvgIpc) is 2.50. The SMILES string of the molecule is C=CCNC(=O)CN1CCN(C(=O)CNCCOC)CC1. The molecule has 0 bridgehead atoms. The maximum absolute atomic E-state index is 11.9. The summed E-state index contributed by atoms with van der Waals surface area (Å²) in [5.41, 5.74) is 0. The molecule has 7 nitrogen and oxygen atoms in total. The molecule has 1 aliphatic heterocycles. The number of nitrogens with one attached hydrogen (secondary N) is 2. The highest BCUT2D eigenvalue weighted by molar-refractivity contribution is 5.79. The lowest BCUT2D eigenvalue weighted by Crippen LogP contribution is -2.52. The number of hydrogen-bond donors (Lipinski definition) is 2. The molecule has 1 saturated heterocycles. The van der Waals surface area contributed by atoms with E-state index in [9.17, 15) is 9.59 Å². The van der Waals surface area contributed by atoms with Gasteiger partial charge in [0.2, 0.25) is 11.8 Å². The van der Waals surface area contributed by atoms with E-state index >= 15 is 0 Å². The third-order valence-electron chi connectivity index (χ3n) is 3.29. The molecule has 0 unspecified atom stereocenters. The zero-order valence-corrected chi connectivity index (χ0v) is 12.8. The number of methoxy groups -OCH3 is 1. The molecule has 21 heavy (non-hydrogen) atoms. The van der Waals surface area contributed by atoms with Crippen LogP contribution >= 0.6 is 0 Å². The maximum Gasteiger partial charge on any atom is 0.236 e. The van der Waals surface area contributed by atoms with Crippen molar-refractivity contribution >= 4 is 11.8 Å². The summed E-state index contributed by atoms with van der Waals surface area (Å²) in [7, 11) is 1.63. The molecule has 0 aromatic carbocycles. The summed E-state index contributed by atoms with van der Waals surface area (Å²) < 4.78 is 4.91. The Labute approximate surface area is 126 Å². The van der Waals surface area contributed by atoms with Crippen LogP contribution in [0.3, 0.4) is 0 Å². The number of hydrogen-bond acceptors (Lipinski definition) is 5. The Balaban J connectivity index is 2.17. The zero-order valence-electron chi connectivity index (χ0n) is 12.8. The molecule has 1 rings (SSSR count). The molecular formula is C14H26N4O3. The van der Waals surface area contributed by atoms with Gasteiger partial charge in [0.15, 0.2) is 0 Å². The summed E-state index contributed by atoms with van der Waals surface area (Å²) >= 11 is 0. The molecule has 7 heteroatoms. The van der Waals surface area contributed by atoms with Crippen molar-refractivity contribution in [3.05, 3.63) is 12.7 Å². The molecule has 1 fully saturated rings. The molecule has 0 aliphatic carbocycles. The topological polar surface area (TPSA) is 73.9 Å². The molecule has 2 N–H and O–H groups in total. The maximum atomic E-state index is 11.9. The van der Waals surface area contributed by atoms with Crippen molar-refractivity contribution in [2.45, 2.75) is 0 Å². The quantitative estimate of drug-likeness (QED) is 0.407. The second-order valence-electron chi connectivity index (χ2n) is 4.92. The van der Waals surface area contributed by atoms with Crippen LogP contribution in [0.4, 0.5) is 0 Å². The molecule has 2 amide bonds. The normalized spacial score (nSPS) is 15.8. The van der Waals surface area contributed by atoms with E-state index in [0.29, 0.717) is 45.9 Å². The average molecular weight is 298 g/mol. The Morgan fingerprint density at radius 3 is 2.62 bits per heavy atom. The van der Waals surface area contributed by atoms with Crippen LogP contribution in [-0.2, 0) is 14.3 Å². The molecule has 0 spiro atoms. The minimum absolute atomic E-state index is 0.00379. The minimum Gasteiger partial charge on any atom is -0.383 e. The van der Waals surface area contributed by atoms with Gasteiger partial charge in [-0.05, 0) is 0 Å². The van der Waals surface area contributed by atoms with Crippen LogP contribution in [0, 0.1) is 0 Å². The van der Waals surface area contributed by atoms with Crippen LogP contribution in [0.5, 0.6) is 0 Å². The van der Waals surface area contributed by atoms with Gasteiger partial charge in [-0.1, -0.05) is 6.08 Å². The first kappa shape index (κ1) is 17.6. The fraction of sp³-hybridized carbons (Fsp3) is 0.714. The van der Waals surface area contributed by atoms with Gasteiger partial charge in [0.1, 0.15) is 0 Å². The van der Waals surface area contributed by atoms with E-state index in [1.807, 2.05) is 4.90 Å². The highest BCUT2D eigenvalue weighted by atomic mass is 16.5. The summed E-state index contributed by atoms with van der Waals surface area (Å²) in [5.74, 6) is 0.0952. The Morgan fingerprint density at radius 1 is 1.29 bits per heavy atom. The third kappa shape index (κ3) is 7.22. The van der Waals surface area contributed by atoms with Crippen LogP contribution in [0.2, 0.25) is 0 Å². The van der Waals surface area contributed by atoms with E-state index < -0.39 is 0 Å². The highest BCUT2D eigenvalue weighted by Gasteiger charge is 2.21. The number of amides is 2. The van der Waals surface area contributed by atoms with Crippen LogP contribution in [-0.4, -0.2) is 87.7 Å². The Bertz CT molecular complexity index is 341. The molecule has 1 heterocycles. The third-order valence-corrected chi connectivity index (χ3v) is 3.29. The Morgan fingerprint density at radius 2 is 2.00 bits per heavy atom. The summed E-state index contributed by atoms with van der Waals surface area (Å²) in [6.07, 6.45) is 1.66. The van der Waals surface area contributed by atoms with Crippen LogP contribution in [0.25, 0.3) is 0 Å². The predicted octanol–water partition coefficient (Wildman–Crippen LogP) is -1.33. The standard InChI is InChI=1S/C14H26N4O3/c1-3-4-16-13(19)12-17-6-8-18(9-7-17)14(20)11-15-5-10-21-2/h3,15H,1,4-12H2,2H3,(H,16,19). The largest absolute Gasteiger partial charge is 0.383 e. The second kappa shape index (κ2) is 10.3. The fourth-order valence-electron chi connectivity index (χ4n) is 2.08. The number of piperazine rings is 1. The lowest BCUT2D eigenvalue weighted by Gasteiger charge is -2.34. The van der Waals surface area contributed by atoms with Crippen molar-refractivity contribution in [3.63, 3.8) is 0 Å². The molecular weight excluding hydrogens is 272 g/mol. The van der Waals surface area contributed by atoms with Crippen molar-refractivity contribution in [2.75, 3.05) is 66.1 Å². The minimum atomic E-state index is -0.00379. The highest BCUT2D eigenvalue weighted by Crippen LogP contribution is 2.01. The number of carbonyl (C=O) groups is 2. The number of ether oxygens (including phenoxy) is 1. The van der Waals surface area contributed by atoms with Crippen molar-refractivity contribution in [2.24, 2.45) is 0 Å². The lowest BCUT2D eigenvalue weighted by atomic mass is 10.3. The van der Waals surface area contributed by atoms with Crippen molar-refractivity contribution in [1.29, 1.82) is 0 Å². The molecule has 0 saturated carbocycles. The van der Waals surface area contributed by atoms with E-state index in [0.717, 1.165) is 13.1 Å². The number of rotatable bonds is 9. The van der Waals surface area contributed by atoms with Gasteiger partial charge in [0, 0.05) is 46.4 Å². The van der Waals surface area contributed by atoms with Gasteiger partial charge in [-0.15, -0.1) is 6.58 Å². The second-order valence-corrected chi connectivity index (χ2v) is 4.92. The van der Waals surface area contributed by atoms with Gasteiger partial charge in [-0.25, -0.2) is 0 Å². The van der Waals surface area contributed by atoms with Gasteiger partial charge < -0.3 is 20.3 Å².